The van der Waals surface area contributed by atoms with Crippen molar-refractivity contribution >= 4 is 55.8 Å². The van der Waals surface area contributed by atoms with E-state index in [-0.39, 0.29) is 12.2 Å². The van der Waals surface area contributed by atoms with E-state index in [4.69, 9.17) is 52.1 Å². The largest absolute Gasteiger partial charge is 0.465 e. The van der Waals surface area contributed by atoms with Gasteiger partial charge in [0.05, 0.1) is 25.1 Å². The average molecular weight is 925 g/mol. The fraction of sp³-hybridized carbons (Fsp3) is 0.650. The van der Waals surface area contributed by atoms with Crippen LogP contribution in [0.1, 0.15) is 58.3 Å². The fourth-order valence-electron chi connectivity index (χ4n) is 6.85. The minimum atomic E-state index is -2.88. The average Bonchev–Trinajstić information content (AvgIpc) is 3.19. The van der Waals surface area contributed by atoms with Crippen LogP contribution in [0.15, 0.2) is 35.4 Å². The molecule has 2 heterocycles. The first-order valence-corrected chi connectivity index (χ1v) is 23.8. The van der Waals surface area contributed by atoms with Gasteiger partial charge in [-0.1, -0.05) is 43.0 Å². The summed E-state index contributed by atoms with van der Waals surface area (Å²) in [6.45, 7) is 11.0. The fourth-order valence-corrected chi connectivity index (χ4v) is 7.58. The first-order chi connectivity index (χ1) is 30.0. The van der Waals surface area contributed by atoms with Crippen LogP contribution in [0.5, 0.6) is 0 Å². The second-order valence-electron chi connectivity index (χ2n) is 16.0. The number of carbonyl (C=O) groups excluding carboxylic acids is 8. The number of azide groups is 1. The van der Waals surface area contributed by atoms with Crippen molar-refractivity contribution in [3.05, 3.63) is 46.3 Å². The Balaban J connectivity index is 2.36. The van der Waals surface area contributed by atoms with Crippen LogP contribution in [0.4, 0.5) is 0 Å². The Morgan fingerprint density at radius 1 is 0.875 bits per heavy atom. The summed E-state index contributed by atoms with van der Waals surface area (Å²) in [6.07, 6.45) is -14.6. The van der Waals surface area contributed by atoms with Gasteiger partial charge in [0, 0.05) is 61.1 Å². The summed E-state index contributed by atoms with van der Waals surface area (Å²) in [4.78, 5) is 106. The van der Waals surface area contributed by atoms with Crippen LogP contribution in [0.25, 0.3) is 10.4 Å². The summed E-state index contributed by atoms with van der Waals surface area (Å²) in [6, 6.07) is 5.24. The van der Waals surface area contributed by atoms with E-state index < -0.39 is 142 Å². The summed E-state index contributed by atoms with van der Waals surface area (Å²) < 4.78 is 63.8. The molecular weight excluding hydrogens is 869 g/mol. The number of nitrogens with zero attached hydrogens (tertiary/aromatic N) is 3. The van der Waals surface area contributed by atoms with Crippen molar-refractivity contribution < 1.29 is 90.5 Å². The van der Waals surface area contributed by atoms with Crippen LogP contribution in [0, 0.1) is 0 Å². The summed E-state index contributed by atoms with van der Waals surface area (Å²) in [5, 5.41) is 6.44. The lowest BCUT2D eigenvalue weighted by atomic mass is 9.87. The monoisotopic (exact) mass is 924 g/mol. The van der Waals surface area contributed by atoms with Crippen molar-refractivity contribution in [2.45, 2.75) is 141 Å². The van der Waals surface area contributed by atoms with Crippen LogP contribution in [0.2, 0.25) is 25.7 Å². The number of amides is 1. The van der Waals surface area contributed by atoms with Gasteiger partial charge in [0.25, 0.3) is 5.79 Å². The lowest BCUT2D eigenvalue weighted by molar-refractivity contribution is -0.354. The Morgan fingerprint density at radius 3 is 2.05 bits per heavy atom. The number of hydrogen-bond donors (Lipinski definition) is 1. The zero-order chi connectivity index (χ0) is 47.9. The molecule has 2 fully saturated rings. The Labute approximate surface area is 369 Å². The van der Waals surface area contributed by atoms with E-state index in [0.29, 0.717) is 6.04 Å². The van der Waals surface area contributed by atoms with Crippen LogP contribution in [-0.4, -0.2) is 150 Å². The topological polar surface area (TPSA) is 299 Å². The normalized spacial score (nSPS) is 26.3. The van der Waals surface area contributed by atoms with Gasteiger partial charge in [-0.3, -0.25) is 28.8 Å². The molecule has 11 atom stereocenters. The molecule has 0 radical (unpaired) electrons. The SMILES string of the molecule is COC(=O)[C@@]1(O[C@@H]2[C@@H](N=[N+]=[N-])[C@H](OCC[Si](C)(C)C)O[C@H](COC(=O)c3ccccc3)[C@@H]2OC(C)=O)C[C@H](OC(C)=O)[C@@H](NC(C)=O)[C@H]([C@H](OC(C)=O)[C@@H](COC(C)=O)OC(C)=O)O1. The molecule has 0 spiro atoms. The van der Waals surface area contributed by atoms with Crippen molar-refractivity contribution in [1.82, 2.24) is 5.32 Å². The minimum absolute atomic E-state index is 0.0525. The van der Waals surface area contributed by atoms with E-state index in [9.17, 15) is 43.9 Å². The van der Waals surface area contributed by atoms with Gasteiger partial charge in [0.2, 0.25) is 5.91 Å². The van der Waals surface area contributed by atoms with Crippen molar-refractivity contribution in [1.29, 1.82) is 0 Å². The zero-order valence-electron chi connectivity index (χ0n) is 37.3. The number of hydrogen-bond acceptors (Lipinski definition) is 20. The Morgan fingerprint density at radius 2 is 1.52 bits per heavy atom. The third-order valence-electron chi connectivity index (χ3n) is 9.45. The Hall–Kier alpha value is -5.65. The number of methoxy groups -OCH3 is 1. The predicted molar refractivity (Wildman–Crippen MR) is 218 cm³/mol. The molecular formula is C40H56N4O19Si. The number of rotatable bonds is 20. The summed E-state index contributed by atoms with van der Waals surface area (Å²) in [5.41, 5.74) is 10.1. The van der Waals surface area contributed by atoms with Gasteiger partial charge < -0.3 is 57.4 Å². The van der Waals surface area contributed by atoms with Gasteiger partial charge >= 0.3 is 41.8 Å². The van der Waals surface area contributed by atoms with E-state index in [2.05, 4.69) is 35.0 Å². The summed E-state index contributed by atoms with van der Waals surface area (Å²) >= 11 is 0. The van der Waals surface area contributed by atoms with Crippen LogP contribution < -0.4 is 5.32 Å². The number of nitrogens with one attached hydrogen (secondary N) is 1. The van der Waals surface area contributed by atoms with Crippen LogP contribution >= 0.6 is 0 Å². The quantitative estimate of drug-likeness (QED) is 0.0490. The van der Waals surface area contributed by atoms with E-state index >= 15 is 0 Å². The van der Waals surface area contributed by atoms with E-state index in [1.165, 1.54) is 12.1 Å². The molecule has 3 rings (SSSR count). The highest BCUT2D eigenvalue weighted by atomic mass is 28.3. The molecule has 2 saturated heterocycles. The van der Waals surface area contributed by atoms with Gasteiger partial charge in [-0.05, 0) is 23.7 Å². The maximum Gasteiger partial charge on any atom is 0.366 e. The molecule has 0 aromatic heterocycles. The molecule has 0 saturated carbocycles. The van der Waals surface area contributed by atoms with Crippen LogP contribution in [0.3, 0.4) is 0 Å². The molecule has 24 heteroatoms. The number of esters is 7. The molecule has 64 heavy (non-hydrogen) atoms. The van der Waals surface area contributed by atoms with Crippen LogP contribution in [-0.2, 0) is 85.7 Å². The first kappa shape index (κ1) is 52.7. The molecule has 0 bridgehead atoms. The van der Waals surface area contributed by atoms with Crippen molar-refractivity contribution in [2.75, 3.05) is 26.9 Å². The van der Waals surface area contributed by atoms with E-state index in [0.717, 1.165) is 48.7 Å². The maximum atomic E-state index is 14.4. The Kier molecular flexibility index (Phi) is 19.6. The second-order valence-corrected chi connectivity index (χ2v) is 21.6. The van der Waals surface area contributed by atoms with Gasteiger partial charge in [0.15, 0.2) is 24.6 Å². The first-order valence-electron chi connectivity index (χ1n) is 20.1. The van der Waals surface area contributed by atoms with Crippen molar-refractivity contribution in [3.8, 4) is 0 Å². The molecule has 0 unspecified atom stereocenters. The molecule has 354 valence electrons. The highest BCUT2D eigenvalue weighted by Crippen LogP contribution is 2.41. The molecule has 1 N–H and O–H groups in total. The smallest absolute Gasteiger partial charge is 0.366 e. The highest BCUT2D eigenvalue weighted by Gasteiger charge is 2.62. The van der Waals surface area contributed by atoms with E-state index in [1.54, 1.807) is 18.2 Å². The third kappa shape index (κ3) is 15.6. The molecule has 1 amide bonds. The highest BCUT2D eigenvalue weighted by molar-refractivity contribution is 6.76. The van der Waals surface area contributed by atoms with Gasteiger partial charge in [0.1, 0.15) is 43.7 Å². The number of ether oxygens (including phenoxy) is 11. The third-order valence-corrected chi connectivity index (χ3v) is 11.1. The number of carbonyl (C=O) groups is 8. The molecule has 0 aliphatic carbocycles. The lowest BCUT2D eigenvalue weighted by Gasteiger charge is -2.51. The minimum Gasteiger partial charge on any atom is -0.465 e. The maximum absolute atomic E-state index is 14.4. The molecule has 1 aromatic rings. The van der Waals surface area contributed by atoms with Gasteiger partial charge in [-0.25, -0.2) is 9.59 Å². The standard InChI is InChI=1S/C40H56N4O19Si/c1-21(45)42-31-28(57-23(3)47)18-40(39(52)53-7,62-35(31)33(59-25(5)49)29(58-24(4)48)19-55-22(2)46)63-36-32(43-44-41)38(54-16-17-64(8,9)10)61-30(34(36)60-26(6)50)20-56-37(51)27-14-12-11-13-15-27/h11-15,28-36,38H,16-20H2,1-10H3,(H,42,45)/t28-,29+,30+,31+,32+,33+,34-,35+,36+,38+,40-/m0/s1. The summed E-state index contributed by atoms with van der Waals surface area (Å²) in [5.74, 6) is -10.5. The lowest BCUT2D eigenvalue weighted by Crippen LogP contribution is -2.71. The molecule has 2 aliphatic rings. The molecule has 1 aromatic carbocycles. The van der Waals surface area contributed by atoms with Gasteiger partial charge in [-0.2, -0.15) is 0 Å². The Bertz CT molecular complexity index is 1890. The van der Waals surface area contributed by atoms with Crippen molar-refractivity contribution in [3.63, 3.8) is 0 Å². The molecule has 23 nitrogen and oxygen atoms in total. The zero-order valence-corrected chi connectivity index (χ0v) is 38.3. The number of benzene rings is 1. The predicted octanol–water partition coefficient (Wildman–Crippen LogP) is 2.44. The molecule has 2 aliphatic heterocycles. The summed E-state index contributed by atoms with van der Waals surface area (Å²) in [7, 11) is -0.854. The second kappa shape index (κ2) is 23.9. The van der Waals surface area contributed by atoms with E-state index in [1.807, 2.05) is 0 Å². The van der Waals surface area contributed by atoms with Gasteiger partial charge in [-0.15, -0.1) is 0 Å². The van der Waals surface area contributed by atoms with Crippen molar-refractivity contribution in [2.24, 2.45) is 5.11 Å².